The summed E-state index contributed by atoms with van der Waals surface area (Å²) in [7, 11) is 0. The van der Waals surface area contributed by atoms with Crippen LogP contribution >= 0.6 is 11.6 Å². The summed E-state index contributed by atoms with van der Waals surface area (Å²) in [6, 6.07) is 3.58. The minimum atomic E-state index is -0.169. The predicted octanol–water partition coefficient (Wildman–Crippen LogP) is 2.19. The van der Waals surface area contributed by atoms with E-state index in [9.17, 15) is 4.79 Å². The highest BCUT2D eigenvalue weighted by Gasteiger charge is 2.03. The molecule has 0 radical (unpaired) electrons. The van der Waals surface area contributed by atoms with Crippen molar-refractivity contribution >= 4 is 22.6 Å². The topological polar surface area (TPSA) is 45.8 Å². The number of halogens is 1. The Balaban J connectivity index is 2.90. The molecule has 0 saturated carbocycles. The Morgan fingerprint density at radius 2 is 2.07 bits per heavy atom. The number of hydrogen-bond acceptors (Lipinski definition) is 2. The van der Waals surface area contributed by atoms with Gasteiger partial charge in [-0.05, 0) is 31.5 Å². The Labute approximate surface area is 85.7 Å². The highest BCUT2D eigenvalue weighted by atomic mass is 35.5. The lowest BCUT2D eigenvalue weighted by Crippen LogP contribution is -2.11. The van der Waals surface area contributed by atoms with Gasteiger partial charge in [-0.15, -0.1) is 0 Å². The molecule has 0 aliphatic heterocycles. The Kier molecular flexibility index (Phi) is 2.04. The first-order valence-electron chi connectivity index (χ1n) is 4.25. The van der Waals surface area contributed by atoms with Gasteiger partial charge >= 0.3 is 0 Å². The molecule has 0 aliphatic carbocycles. The number of aromatic amines is 1. The summed E-state index contributed by atoms with van der Waals surface area (Å²) < 4.78 is 0. The molecular formula is C10H9ClN2O. The number of benzene rings is 1. The Bertz CT molecular complexity index is 560. The van der Waals surface area contributed by atoms with Crippen LogP contribution < -0.4 is 5.56 Å². The van der Waals surface area contributed by atoms with E-state index in [-0.39, 0.29) is 5.56 Å². The third-order valence-electron chi connectivity index (χ3n) is 2.14. The second-order valence-electron chi connectivity index (χ2n) is 3.27. The SMILES string of the molecule is Cc1cc2nc(C)c(=O)[nH]c2cc1Cl. The van der Waals surface area contributed by atoms with E-state index in [1.807, 2.05) is 13.0 Å². The molecule has 14 heavy (non-hydrogen) atoms. The second kappa shape index (κ2) is 3.10. The molecule has 72 valence electrons. The number of aromatic nitrogens is 2. The smallest absolute Gasteiger partial charge is 0.269 e. The largest absolute Gasteiger partial charge is 0.319 e. The molecule has 3 nitrogen and oxygen atoms in total. The fourth-order valence-corrected chi connectivity index (χ4v) is 1.47. The van der Waals surface area contributed by atoms with E-state index in [1.165, 1.54) is 0 Å². The molecule has 2 rings (SSSR count). The molecule has 1 heterocycles. The molecule has 0 fully saturated rings. The second-order valence-corrected chi connectivity index (χ2v) is 3.68. The van der Waals surface area contributed by atoms with E-state index < -0.39 is 0 Å². The van der Waals surface area contributed by atoms with Gasteiger partial charge in [0.25, 0.3) is 5.56 Å². The summed E-state index contributed by atoms with van der Waals surface area (Å²) >= 11 is 5.93. The quantitative estimate of drug-likeness (QED) is 0.722. The first-order valence-corrected chi connectivity index (χ1v) is 4.62. The number of nitrogens with zero attached hydrogens (tertiary/aromatic N) is 1. The van der Waals surface area contributed by atoms with Crippen LogP contribution in [0.25, 0.3) is 11.0 Å². The van der Waals surface area contributed by atoms with Crippen LogP contribution in [0.2, 0.25) is 5.02 Å². The summed E-state index contributed by atoms with van der Waals surface area (Å²) in [4.78, 5) is 18.2. The molecule has 0 amide bonds. The standard InChI is InChI=1S/C10H9ClN2O/c1-5-3-8-9(4-7(5)11)13-10(14)6(2)12-8/h3-4H,1-2H3,(H,13,14). The van der Waals surface area contributed by atoms with Gasteiger partial charge in [0.05, 0.1) is 11.0 Å². The van der Waals surface area contributed by atoms with Crippen LogP contribution in [-0.2, 0) is 0 Å². The van der Waals surface area contributed by atoms with E-state index in [4.69, 9.17) is 11.6 Å². The zero-order valence-corrected chi connectivity index (χ0v) is 8.64. The van der Waals surface area contributed by atoms with Gasteiger partial charge in [0, 0.05) is 5.02 Å². The van der Waals surface area contributed by atoms with Crippen LogP contribution in [0.5, 0.6) is 0 Å². The molecule has 0 aliphatic rings. The molecule has 1 aromatic heterocycles. The molecule has 4 heteroatoms. The number of hydrogen-bond donors (Lipinski definition) is 1. The molecule has 1 N–H and O–H groups in total. The van der Waals surface area contributed by atoms with Crippen molar-refractivity contribution in [2.75, 3.05) is 0 Å². The first kappa shape index (κ1) is 9.21. The number of H-pyrrole nitrogens is 1. The fourth-order valence-electron chi connectivity index (χ4n) is 1.30. The maximum absolute atomic E-state index is 11.3. The summed E-state index contributed by atoms with van der Waals surface area (Å²) in [6.07, 6.45) is 0. The van der Waals surface area contributed by atoms with Gasteiger partial charge in [-0.25, -0.2) is 4.98 Å². The first-order chi connectivity index (χ1) is 6.58. The van der Waals surface area contributed by atoms with Crippen molar-refractivity contribution < 1.29 is 0 Å². The Morgan fingerprint density at radius 1 is 1.36 bits per heavy atom. The minimum Gasteiger partial charge on any atom is -0.319 e. The van der Waals surface area contributed by atoms with Crippen LogP contribution in [-0.4, -0.2) is 9.97 Å². The summed E-state index contributed by atoms with van der Waals surface area (Å²) in [5.41, 5.74) is 2.70. The lowest BCUT2D eigenvalue weighted by Gasteiger charge is -2.01. The molecule has 0 unspecified atom stereocenters. The van der Waals surface area contributed by atoms with Crippen LogP contribution in [0.15, 0.2) is 16.9 Å². The third-order valence-corrected chi connectivity index (χ3v) is 2.55. The van der Waals surface area contributed by atoms with Crippen LogP contribution in [0.3, 0.4) is 0 Å². The zero-order valence-electron chi connectivity index (χ0n) is 7.89. The van der Waals surface area contributed by atoms with E-state index in [2.05, 4.69) is 9.97 Å². The van der Waals surface area contributed by atoms with Crippen molar-refractivity contribution in [1.82, 2.24) is 9.97 Å². The van der Waals surface area contributed by atoms with Crippen molar-refractivity contribution in [3.05, 3.63) is 38.8 Å². The minimum absolute atomic E-state index is 0.169. The Morgan fingerprint density at radius 3 is 2.79 bits per heavy atom. The van der Waals surface area contributed by atoms with E-state index in [1.54, 1.807) is 13.0 Å². The fraction of sp³-hybridized carbons (Fsp3) is 0.200. The summed E-state index contributed by atoms with van der Waals surface area (Å²) in [6.45, 7) is 3.59. The highest BCUT2D eigenvalue weighted by molar-refractivity contribution is 6.32. The number of fused-ring (bicyclic) bond motifs is 1. The Hall–Kier alpha value is -1.35. The zero-order chi connectivity index (χ0) is 10.3. The van der Waals surface area contributed by atoms with Gasteiger partial charge in [0.1, 0.15) is 5.69 Å². The number of aryl methyl sites for hydroxylation is 2. The van der Waals surface area contributed by atoms with Crippen molar-refractivity contribution in [2.45, 2.75) is 13.8 Å². The van der Waals surface area contributed by atoms with Gasteiger partial charge in [0.2, 0.25) is 0 Å². The van der Waals surface area contributed by atoms with Crippen molar-refractivity contribution in [3.8, 4) is 0 Å². The monoisotopic (exact) mass is 208 g/mol. The average Bonchev–Trinajstić information content (AvgIpc) is 2.11. The third kappa shape index (κ3) is 1.40. The van der Waals surface area contributed by atoms with Gasteiger partial charge in [-0.3, -0.25) is 4.79 Å². The van der Waals surface area contributed by atoms with E-state index >= 15 is 0 Å². The summed E-state index contributed by atoms with van der Waals surface area (Å²) in [5, 5.41) is 0.638. The van der Waals surface area contributed by atoms with Crippen LogP contribution in [0.4, 0.5) is 0 Å². The van der Waals surface area contributed by atoms with Crippen LogP contribution in [0.1, 0.15) is 11.3 Å². The molecule has 0 bridgehead atoms. The van der Waals surface area contributed by atoms with Crippen molar-refractivity contribution in [2.24, 2.45) is 0 Å². The lowest BCUT2D eigenvalue weighted by atomic mass is 10.2. The maximum atomic E-state index is 11.3. The highest BCUT2D eigenvalue weighted by Crippen LogP contribution is 2.19. The van der Waals surface area contributed by atoms with Crippen molar-refractivity contribution in [1.29, 1.82) is 0 Å². The lowest BCUT2D eigenvalue weighted by molar-refractivity contribution is 1.12. The van der Waals surface area contributed by atoms with Crippen molar-refractivity contribution in [3.63, 3.8) is 0 Å². The van der Waals surface area contributed by atoms with Gasteiger partial charge < -0.3 is 4.98 Å². The normalized spacial score (nSPS) is 10.8. The number of nitrogens with one attached hydrogen (secondary N) is 1. The molecule has 0 saturated heterocycles. The van der Waals surface area contributed by atoms with Gasteiger partial charge in [-0.1, -0.05) is 11.6 Å². The van der Waals surface area contributed by atoms with Gasteiger partial charge in [-0.2, -0.15) is 0 Å². The predicted molar refractivity (Wildman–Crippen MR) is 56.8 cm³/mol. The van der Waals surface area contributed by atoms with Gasteiger partial charge in [0.15, 0.2) is 0 Å². The van der Waals surface area contributed by atoms with E-state index in [0.29, 0.717) is 16.2 Å². The maximum Gasteiger partial charge on any atom is 0.269 e. The molecule has 1 aromatic carbocycles. The summed E-state index contributed by atoms with van der Waals surface area (Å²) in [5.74, 6) is 0. The molecule has 0 atom stereocenters. The molecular weight excluding hydrogens is 200 g/mol. The average molecular weight is 209 g/mol. The van der Waals surface area contributed by atoms with E-state index in [0.717, 1.165) is 11.1 Å². The molecule has 2 aromatic rings. The van der Waals surface area contributed by atoms with Crippen LogP contribution in [0, 0.1) is 13.8 Å². The number of rotatable bonds is 0. The molecule has 0 spiro atoms.